The summed E-state index contributed by atoms with van der Waals surface area (Å²) in [5, 5.41) is 23.7. The van der Waals surface area contributed by atoms with Crippen molar-refractivity contribution < 1.29 is 19.4 Å². The molecule has 0 radical (unpaired) electrons. The van der Waals surface area contributed by atoms with Gasteiger partial charge in [-0.2, -0.15) is 0 Å². The molecule has 1 aromatic heterocycles. The van der Waals surface area contributed by atoms with E-state index in [9.17, 15) is 19.4 Å². The van der Waals surface area contributed by atoms with Crippen LogP contribution in [-0.2, 0) is 6.54 Å². The largest absolute Gasteiger partial charge is 0.393 e. The number of aromatic nitrogens is 1. The number of para-hydroxylation sites is 1. The Hall–Kier alpha value is -3.82. The fourth-order valence-corrected chi connectivity index (χ4v) is 4.83. The number of benzene rings is 3. The number of nitrogens with zero attached hydrogens (tertiary/aromatic N) is 1. The lowest BCUT2D eigenvalue weighted by atomic mass is 9.96. The number of amides is 1. The number of halogens is 1. The van der Waals surface area contributed by atoms with Gasteiger partial charge in [-0.05, 0) is 66.8 Å². The van der Waals surface area contributed by atoms with Crippen LogP contribution in [0.2, 0.25) is 0 Å². The molecule has 0 aliphatic heterocycles. The van der Waals surface area contributed by atoms with E-state index < -0.39 is 18.4 Å². The van der Waals surface area contributed by atoms with Gasteiger partial charge in [0.15, 0.2) is 0 Å². The minimum atomic E-state index is -1.03. The second-order valence-electron chi connectivity index (χ2n) is 9.59. The first-order valence-corrected chi connectivity index (χ1v) is 14.1. The smallest absolute Gasteiger partial charge is 0.258 e. The maximum atomic E-state index is 14.0. The minimum Gasteiger partial charge on any atom is -0.393 e. The van der Waals surface area contributed by atoms with E-state index in [0.29, 0.717) is 40.2 Å². The first kappa shape index (κ1) is 31.7. The second-order valence-corrected chi connectivity index (χ2v) is 9.59. The molecule has 0 fully saturated rings. The molecule has 1 amide bonds. The van der Waals surface area contributed by atoms with Crippen LogP contribution in [0.25, 0.3) is 22.4 Å². The fourth-order valence-electron chi connectivity index (χ4n) is 4.83. The molecule has 41 heavy (non-hydrogen) atoms. The molecule has 4 aromatic rings. The van der Waals surface area contributed by atoms with Crippen molar-refractivity contribution in [3.63, 3.8) is 0 Å². The molecular formula is C33H41FN4O3. The van der Waals surface area contributed by atoms with Crippen LogP contribution in [0.3, 0.4) is 0 Å². The number of carbonyl (C=O) groups excluding carboxylic acids is 1. The molecule has 0 bridgehead atoms. The topological polar surface area (TPSA) is 127 Å². The molecule has 0 saturated carbocycles. The average Bonchev–Trinajstić information content (AvgIpc) is 3.34. The predicted molar refractivity (Wildman–Crippen MR) is 164 cm³/mol. The van der Waals surface area contributed by atoms with Crippen LogP contribution in [0.4, 0.5) is 10.1 Å². The molecule has 0 aliphatic rings. The van der Waals surface area contributed by atoms with Crippen molar-refractivity contribution in [2.45, 2.75) is 65.0 Å². The van der Waals surface area contributed by atoms with Crippen molar-refractivity contribution in [1.82, 2.24) is 4.57 Å². The monoisotopic (exact) mass is 560 g/mol. The van der Waals surface area contributed by atoms with Gasteiger partial charge in [0.25, 0.3) is 5.91 Å². The quantitative estimate of drug-likeness (QED) is 0.142. The highest BCUT2D eigenvalue weighted by Gasteiger charge is 2.31. The Kier molecular flexibility index (Phi) is 11.8. The third-order valence-electron chi connectivity index (χ3n) is 6.76. The normalized spacial score (nSPS) is 12.4. The summed E-state index contributed by atoms with van der Waals surface area (Å²) in [6, 6.07) is 24.5. The zero-order chi connectivity index (χ0) is 29.9. The van der Waals surface area contributed by atoms with Crippen LogP contribution < -0.4 is 16.8 Å². The summed E-state index contributed by atoms with van der Waals surface area (Å²) in [5.74, 6) is -0.778. The van der Waals surface area contributed by atoms with Gasteiger partial charge in [0.05, 0.1) is 35.3 Å². The van der Waals surface area contributed by atoms with Crippen LogP contribution in [0.5, 0.6) is 0 Å². The van der Waals surface area contributed by atoms with Crippen molar-refractivity contribution in [3.05, 3.63) is 102 Å². The van der Waals surface area contributed by atoms with Crippen LogP contribution >= 0.6 is 0 Å². The Morgan fingerprint density at radius 2 is 1.46 bits per heavy atom. The van der Waals surface area contributed by atoms with E-state index in [1.54, 1.807) is 24.3 Å². The van der Waals surface area contributed by atoms with Crippen LogP contribution in [0.15, 0.2) is 84.9 Å². The van der Waals surface area contributed by atoms with Gasteiger partial charge in [-0.25, -0.2) is 4.39 Å². The number of hydrogen-bond donors (Lipinski definition) is 5. The number of aliphatic hydroxyl groups excluding tert-OH is 2. The Morgan fingerprint density at radius 3 is 2.02 bits per heavy atom. The molecule has 4 rings (SSSR count). The van der Waals surface area contributed by atoms with Gasteiger partial charge in [-0.1, -0.05) is 69.3 Å². The number of carbonyl (C=O) groups is 1. The Bertz CT molecular complexity index is 1370. The summed E-state index contributed by atoms with van der Waals surface area (Å²) in [6.45, 7) is 6.12. The summed E-state index contributed by atoms with van der Waals surface area (Å²) < 4.78 is 15.8. The molecule has 2 unspecified atom stereocenters. The van der Waals surface area contributed by atoms with Crippen LogP contribution in [0, 0.1) is 5.82 Å². The van der Waals surface area contributed by atoms with E-state index in [0.717, 1.165) is 5.56 Å². The highest BCUT2D eigenvalue weighted by atomic mass is 19.1. The van der Waals surface area contributed by atoms with E-state index >= 15 is 0 Å². The molecule has 7 nitrogen and oxygen atoms in total. The summed E-state index contributed by atoms with van der Waals surface area (Å²) in [4.78, 5) is 13.9. The first-order valence-electron chi connectivity index (χ1n) is 14.1. The van der Waals surface area contributed by atoms with Gasteiger partial charge in [0, 0.05) is 17.8 Å². The third kappa shape index (κ3) is 7.89. The highest BCUT2D eigenvalue weighted by molar-refractivity contribution is 6.12. The Morgan fingerprint density at radius 1 is 0.878 bits per heavy atom. The Balaban J connectivity index is 0.00000226. The molecule has 2 atom stereocenters. The summed E-state index contributed by atoms with van der Waals surface area (Å²) in [7, 11) is 0. The van der Waals surface area contributed by atoms with Gasteiger partial charge >= 0.3 is 0 Å². The van der Waals surface area contributed by atoms with E-state index in [1.165, 1.54) is 12.1 Å². The first-order chi connectivity index (χ1) is 19.8. The molecule has 3 aromatic carbocycles. The third-order valence-corrected chi connectivity index (χ3v) is 6.76. The molecule has 8 heteroatoms. The van der Waals surface area contributed by atoms with Crippen LogP contribution in [-0.4, -0.2) is 32.9 Å². The van der Waals surface area contributed by atoms with Crippen molar-refractivity contribution in [2.24, 2.45) is 11.5 Å². The lowest BCUT2D eigenvalue weighted by molar-refractivity contribution is 0.0711. The highest BCUT2D eigenvalue weighted by Crippen LogP contribution is 2.41. The number of anilines is 1. The second kappa shape index (κ2) is 15.3. The number of rotatable bonds is 11. The number of hydrogen-bond acceptors (Lipinski definition) is 5. The summed E-state index contributed by atoms with van der Waals surface area (Å²) in [6.07, 6.45) is -1.40. The van der Waals surface area contributed by atoms with Crippen molar-refractivity contribution in [3.8, 4) is 22.4 Å². The molecule has 7 N–H and O–H groups in total. The number of aliphatic hydroxyl groups is 2. The number of nitrogens with two attached hydrogens (primary N) is 2. The molecule has 0 saturated heterocycles. The zero-order valence-electron chi connectivity index (χ0n) is 23.9. The molecular weight excluding hydrogens is 519 g/mol. The van der Waals surface area contributed by atoms with E-state index in [-0.39, 0.29) is 31.1 Å². The van der Waals surface area contributed by atoms with Crippen molar-refractivity contribution in [1.29, 1.82) is 0 Å². The van der Waals surface area contributed by atoms with Crippen molar-refractivity contribution in [2.75, 3.05) is 5.32 Å². The van der Waals surface area contributed by atoms with Crippen LogP contribution in [0.1, 0.15) is 62.3 Å². The lowest BCUT2D eigenvalue weighted by Gasteiger charge is -2.20. The molecule has 218 valence electrons. The number of nitrogens with one attached hydrogen (secondary N) is 1. The summed E-state index contributed by atoms with van der Waals surface area (Å²) in [5.41, 5.74) is 16.6. The van der Waals surface area contributed by atoms with Crippen molar-refractivity contribution >= 4 is 11.6 Å². The maximum Gasteiger partial charge on any atom is 0.258 e. The van der Waals surface area contributed by atoms with E-state index in [1.807, 2.05) is 73.9 Å². The van der Waals surface area contributed by atoms with E-state index in [2.05, 4.69) is 5.32 Å². The van der Waals surface area contributed by atoms with Gasteiger partial charge in [-0.3, -0.25) is 4.79 Å². The maximum absolute atomic E-state index is 14.0. The molecule has 0 spiro atoms. The molecule has 0 aliphatic carbocycles. The standard InChI is InChI=1S/C31H35FN4O3.C2H6/c1-2-24(37)19-25(38)17-18-36-28(21-13-15-22(32)16-14-21)26(20-9-5-3-6-10-20)27(29(36)30(33)34)31(39)35-23-11-7-4-8-12-23;1-2/h3-16,24-25,30,37-38H,2,17-19,33-34H2,1H3,(H,35,39);1-2H3. The average molecular weight is 561 g/mol. The zero-order valence-corrected chi connectivity index (χ0v) is 23.9. The van der Waals surface area contributed by atoms with E-state index in [4.69, 9.17) is 11.5 Å². The SMILES string of the molecule is CC.CCC(O)CC(O)CCn1c(-c2ccc(F)cc2)c(-c2ccccc2)c(C(=O)Nc2ccccc2)c1C(N)N. The van der Waals surface area contributed by atoms with Gasteiger partial charge in [0.1, 0.15) is 5.82 Å². The predicted octanol–water partition coefficient (Wildman–Crippen LogP) is 6.07. The lowest BCUT2D eigenvalue weighted by Crippen LogP contribution is -2.28. The van der Waals surface area contributed by atoms with Gasteiger partial charge in [-0.15, -0.1) is 0 Å². The molecule has 1 heterocycles. The van der Waals surface area contributed by atoms with Gasteiger partial charge in [0.2, 0.25) is 0 Å². The summed E-state index contributed by atoms with van der Waals surface area (Å²) >= 11 is 0. The Labute approximate surface area is 241 Å². The minimum absolute atomic E-state index is 0.223. The van der Waals surface area contributed by atoms with Gasteiger partial charge < -0.3 is 31.6 Å². The fraction of sp³-hybridized carbons (Fsp3) is 0.303.